The number of rotatable bonds is 6. The third kappa shape index (κ3) is 4.62. The number of amides is 2. The van der Waals surface area contributed by atoms with E-state index in [1.807, 2.05) is 26.8 Å². The minimum atomic E-state index is -0.538. The molecule has 0 fully saturated rings. The van der Waals surface area contributed by atoms with Crippen LogP contribution in [0.25, 0.3) is 0 Å². The molecule has 0 bridgehead atoms. The number of aryl methyl sites for hydroxylation is 2. The van der Waals surface area contributed by atoms with Gasteiger partial charge in [0.2, 0.25) is 0 Å². The Bertz CT molecular complexity index is 734. The van der Waals surface area contributed by atoms with Crippen LogP contribution in [0, 0.1) is 13.8 Å². The molecule has 1 heterocycles. The van der Waals surface area contributed by atoms with Crippen LogP contribution in [0.5, 0.6) is 0 Å². The van der Waals surface area contributed by atoms with Gasteiger partial charge in [-0.3, -0.25) is 0 Å². The summed E-state index contributed by atoms with van der Waals surface area (Å²) in [6.45, 7) is 7.32. The molecule has 0 saturated heterocycles. The van der Waals surface area contributed by atoms with Crippen molar-refractivity contribution >= 4 is 18.0 Å². The number of ether oxygens (including phenoxy) is 2. The van der Waals surface area contributed by atoms with Crippen molar-refractivity contribution in [3.05, 3.63) is 46.2 Å². The van der Waals surface area contributed by atoms with Crippen molar-refractivity contribution in [2.24, 2.45) is 0 Å². The van der Waals surface area contributed by atoms with Gasteiger partial charge in [-0.05, 0) is 39.3 Å². The lowest BCUT2D eigenvalue weighted by Crippen LogP contribution is -2.51. The monoisotopic (exact) mass is 360 g/mol. The van der Waals surface area contributed by atoms with E-state index in [1.165, 1.54) is 0 Å². The van der Waals surface area contributed by atoms with Crippen molar-refractivity contribution in [3.63, 3.8) is 0 Å². The Hall–Kier alpha value is -2.83. The van der Waals surface area contributed by atoms with Gasteiger partial charge in [-0.2, -0.15) is 0 Å². The van der Waals surface area contributed by atoms with Crippen molar-refractivity contribution in [1.29, 1.82) is 0 Å². The highest BCUT2D eigenvalue weighted by atomic mass is 16.5. The fraction of sp³-hybridized carbons (Fsp3) is 0.421. The third-order valence-corrected chi connectivity index (χ3v) is 3.95. The number of nitrogens with one attached hydrogen (secondary N) is 2. The maximum atomic E-state index is 12.3. The minimum Gasteiger partial charge on any atom is -0.463 e. The Morgan fingerprint density at radius 2 is 1.69 bits per heavy atom. The van der Waals surface area contributed by atoms with Crippen LogP contribution in [-0.2, 0) is 14.3 Å². The van der Waals surface area contributed by atoms with E-state index in [-0.39, 0.29) is 24.5 Å². The molecule has 26 heavy (non-hydrogen) atoms. The number of hydrogen-bond acceptors (Lipinski definition) is 5. The molecule has 2 N–H and O–H groups in total. The van der Waals surface area contributed by atoms with Gasteiger partial charge in [0.05, 0.1) is 29.5 Å². The van der Waals surface area contributed by atoms with E-state index >= 15 is 0 Å². The maximum Gasteiger partial charge on any atom is 0.338 e. The standard InChI is InChI=1S/C19H24N2O5/c1-5-14-16(18(23)25-6-2)15(21-19(24)20-14)10-26-17(22)13-8-11(3)7-12(4)9-13/h7-9,14H,5-6,10H2,1-4H3,(H2,20,21,24)/t14-/m1/s1. The van der Waals surface area contributed by atoms with Gasteiger partial charge in [-0.1, -0.05) is 24.1 Å². The second kappa shape index (κ2) is 8.51. The molecule has 7 nitrogen and oxygen atoms in total. The molecule has 0 radical (unpaired) electrons. The number of benzene rings is 1. The summed E-state index contributed by atoms with van der Waals surface area (Å²) in [6.07, 6.45) is 0.510. The summed E-state index contributed by atoms with van der Waals surface area (Å²) >= 11 is 0. The van der Waals surface area contributed by atoms with Gasteiger partial charge in [-0.15, -0.1) is 0 Å². The summed E-state index contributed by atoms with van der Waals surface area (Å²) < 4.78 is 10.4. The first-order chi connectivity index (χ1) is 12.3. The second-order valence-electron chi connectivity index (χ2n) is 6.12. The number of carbonyl (C=O) groups is 3. The van der Waals surface area contributed by atoms with Crippen LogP contribution < -0.4 is 10.6 Å². The summed E-state index contributed by atoms with van der Waals surface area (Å²) in [5, 5.41) is 5.22. The number of urea groups is 1. The van der Waals surface area contributed by atoms with Crippen LogP contribution in [0.15, 0.2) is 29.5 Å². The lowest BCUT2D eigenvalue weighted by Gasteiger charge is -2.28. The molecule has 140 valence electrons. The molecule has 0 aromatic heterocycles. The van der Waals surface area contributed by atoms with Crippen molar-refractivity contribution in [1.82, 2.24) is 10.6 Å². The first kappa shape index (κ1) is 19.5. The van der Waals surface area contributed by atoms with Crippen LogP contribution in [-0.4, -0.2) is 37.2 Å². The molecule has 2 rings (SSSR count). The van der Waals surface area contributed by atoms with Crippen molar-refractivity contribution < 1.29 is 23.9 Å². The zero-order valence-corrected chi connectivity index (χ0v) is 15.5. The summed E-state index contributed by atoms with van der Waals surface area (Å²) in [6, 6.07) is 4.48. The Morgan fingerprint density at radius 1 is 1.04 bits per heavy atom. The molecule has 1 aromatic carbocycles. The highest BCUT2D eigenvalue weighted by Gasteiger charge is 2.32. The van der Waals surface area contributed by atoms with Crippen molar-refractivity contribution in [3.8, 4) is 0 Å². The first-order valence-corrected chi connectivity index (χ1v) is 8.58. The first-order valence-electron chi connectivity index (χ1n) is 8.58. The lowest BCUT2D eigenvalue weighted by atomic mass is 10.0. The van der Waals surface area contributed by atoms with Crippen LogP contribution in [0.1, 0.15) is 41.8 Å². The average Bonchev–Trinajstić information content (AvgIpc) is 2.58. The quantitative estimate of drug-likeness (QED) is 0.760. The SMILES string of the molecule is CCOC(=O)C1=C(COC(=O)c2cc(C)cc(C)c2)NC(=O)N[C@@H]1CC. The van der Waals surface area contributed by atoms with Crippen LogP contribution >= 0.6 is 0 Å². The van der Waals surface area contributed by atoms with Gasteiger partial charge in [-0.25, -0.2) is 14.4 Å². The van der Waals surface area contributed by atoms with Gasteiger partial charge in [0, 0.05) is 0 Å². The molecule has 0 spiro atoms. The molecule has 1 aromatic rings. The van der Waals surface area contributed by atoms with E-state index in [4.69, 9.17) is 9.47 Å². The predicted octanol–water partition coefficient (Wildman–Crippen LogP) is 2.37. The fourth-order valence-electron chi connectivity index (χ4n) is 2.89. The molecule has 0 saturated carbocycles. The maximum absolute atomic E-state index is 12.3. The molecule has 2 amide bonds. The highest BCUT2D eigenvalue weighted by Crippen LogP contribution is 2.18. The minimum absolute atomic E-state index is 0.211. The van der Waals surface area contributed by atoms with Crippen LogP contribution in [0.4, 0.5) is 4.79 Å². The molecule has 0 unspecified atom stereocenters. The molecular formula is C19H24N2O5. The van der Waals surface area contributed by atoms with Crippen LogP contribution in [0.3, 0.4) is 0 Å². The zero-order valence-electron chi connectivity index (χ0n) is 15.5. The normalized spacial score (nSPS) is 16.6. The van der Waals surface area contributed by atoms with Crippen LogP contribution in [0.2, 0.25) is 0 Å². The number of esters is 2. The van der Waals surface area contributed by atoms with E-state index in [1.54, 1.807) is 19.1 Å². The smallest absolute Gasteiger partial charge is 0.338 e. The third-order valence-electron chi connectivity index (χ3n) is 3.95. The van der Waals surface area contributed by atoms with E-state index in [9.17, 15) is 14.4 Å². The fourth-order valence-corrected chi connectivity index (χ4v) is 2.89. The Morgan fingerprint density at radius 3 is 2.27 bits per heavy atom. The topological polar surface area (TPSA) is 93.7 Å². The molecule has 1 aliphatic rings. The average molecular weight is 360 g/mol. The van der Waals surface area contributed by atoms with E-state index < -0.39 is 24.0 Å². The van der Waals surface area contributed by atoms with Crippen molar-refractivity contribution in [2.75, 3.05) is 13.2 Å². The van der Waals surface area contributed by atoms with Gasteiger partial charge in [0.25, 0.3) is 0 Å². The van der Waals surface area contributed by atoms with E-state index in [0.717, 1.165) is 11.1 Å². The summed E-state index contributed by atoms with van der Waals surface area (Å²) in [4.78, 5) is 36.4. The van der Waals surface area contributed by atoms with Gasteiger partial charge in [0.1, 0.15) is 6.61 Å². The number of hydrogen-bond donors (Lipinski definition) is 2. The Balaban J connectivity index is 2.23. The predicted molar refractivity (Wildman–Crippen MR) is 95.6 cm³/mol. The Kier molecular flexibility index (Phi) is 6.38. The second-order valence-corrected chi connectivity index (χ2v) is 6.12. The van der Waals surface area contributed by atoms with Gasteiger partial charge in [0.15, 0.2) is 0 Å². The van der Waals surface area contributed by atoms with E-state index in [0.29, 0.717) is 12.0 Å². The molecule has 1 atom stereocenters. The van der Waals surface area contributed by atoms with Gasteiger partial charge >= 0.3 is 18.0 Å². The lowest BCUT2D eigenvalue weighted by molar-refractivity contribution is -0.139. The molecule has 7 heteroatoms. The summed E-state index contributed by atoms with van der Waals surface area (Å²) in [5.41, 5.74) is 2.85. The van der Waals surface area contributed by atoms with Gasteiger partial charge < -0.3 is 20.1 Å². The summed E-state index contributed by atoms with van der Waals surface area (Å²) in [7, 11) is 0. The Labute approximate surface area is 152 Å². The summed E-state index contributed by atoms with van der Waals surface area (Å²) in [5.74, 6) is -1.06. The highest BCUT2D eigenvalue weighted by molar-refractivity contribution is 5.95. The number of carbonyl (C=O) groups excluding carboxylic acids is 3. The molecular weight excluding hydrogens is 336 g/mol. The van der Waals surface area contributed by atoms with E-state index in [2.05, 4.69) is 10.6 Å². The zero-order chi connectivity index (χ0) is 19.3. The largest absolute Gasteiger partial charge is 0.463 e. The molecule has 1 aliphatic heterocycles. The molecule has 0 aliphatic carbocycles. The van der Waals surface area contributed by atoms with Crippen molar-refractivity contribution in [2.45, 2.75) is 40.2 Å².